The molecule has 0 aliphatic carbocycles. The van der Waals surface area contributed by atoms with Crippen LogP contribution in [0.25, 0.3) is 21.7 Å². The van der Waals surface area contributed by atoms with Crippen LogP contribution in [0, 0.1) is 0 Å². The Bertz CT molecular complexity index is 2110. The number of rotatable bonds is 14. The Morgan fingerprint density at radius 2 is 1.47 bits per heavy atom. The summed E-state index contributed by atoms with van der Waals surface area (Å²) in [5.41, 5.74) is 4.06. The van der Waals surface area contributed by atoms with Crippen molar-refractivity contribution < 1.29 is 28.6 Å². The van der Waals surface area contributed by atoms with Crippen LogP contribution in [-0.4, -0.2) is 44.1 Å². The first-order valence-electron chi connectivity index (χ1n) is 16.4. The molecule has 0 aliphatic heterocycles. The topological polar surface area (TPSA) is 83.8 Å². The normalized spacial score (nSPS) is 11.5. The Kier molecular flexibility index (Phi) is 10.2. The summed E-state index contributed by atoms with van der Waals surface area (Å²) in [5.74, 6) is -0.126. The van der Waals surface area contributed by atoms with Gasteiger partial charge in [-0.25, -0.2) is 4.79 Å². The highest BCUT2D eigenvalue weighted by atomic mass is 28.3. The summed E-state index contributed by atoms with van der Waals surface area (Å²) in [4.78, 5) is 39.7. The van der Waals surface area contributed by atoms with E-state index >= 15 is 0 Å². The second kappa shape index (κ2) is 14.8. The largest absolute Gasteiger partial charge is 0.489 e. The summed E-state index contributed by atoms with van der Waals surface area (Å²) in [7, 11) is -1.23. The number of carbonyl (C=O) groups is 3. The number of ketones is 1. The predicted molar refractivity (Wildman–Crippen MR) is 195 cm³/mol. The van der Waals surface area contributed by atoms with Crippen molar-refractivity contribution >= 4 is 47.8 Å². The molecule has 6 rings (SSSR count). The number of aldehydes is 1. The number of fused-ring (bicyclic) bond motifs is 2. The van der Waals surface area contributed by atoms with Crippen LogP contribution >= 0.6 is 0 Å². The zero-order valence-corrected chi connectivity index (χ0v) is 29.0. The molecule has 1 aromatic heterocycles. The second-order valence-corrected chi connectivity index (χ2v) is 18.9. The van der Waals surface area contributed by atoms with Crippen molar-refractivity contribution in [2.24, 2.45) is 0 Å². The molecule has 0 N–H and O–H groups in total. The van der Waals surface area contributed by atoms with Crippen LogP contribution in [0.15, 0.2) is 115 Å². The van der Waals surface area contributed by atoms with Crippen LogP contribution in [0.3, 0.4) is 0 Å². The monoisotopic (exact) mass is 669 g/mol. The van der Waals surface area contributed by atoms with Gasteiger partial charge in [0.05, 0.1) is 16.8 Å². The summed E-state index contributed by atoms with van der Waals surface area (Å²) < 4.78 is 18.8. The van der Waals surface area contributed by atoms with Gasteiger partial charge in [0, 0.05) is 37.7 Å². The zero-order chi connectivity index (χ0) is 34.4. The van der Waals surface area contributed by atoms with Gasteiger partial charge in [0.2, 0.25) is 0 Å². The summed E-state index contributed by atoms with van der Waals surface area (Å²) in [6.07, 6.45) is 0.743. The molecule has 49 heavy (non-hydrogen) atoms. The van der Waals surface area contributed by atoms with Crippen molar-refractivity contribution in [3.05, 3.63) is 149 Å². The summed E-state index contributed by atoms with van der Waals surface area (Å²) in [5, 5.41) is 2.59. The van der Waals surface area contributed by atoms with E-state index in [0.717, 1.165) is 39.7 Å². The van der Waals surface area contributed by atoms with Crippen molar-refractivity contribution in [3.8, 4) is 5.75 Å². The Balaban J connectivity index is 1.29. The molecule has 0 spiro atoms. The van der Waals surface area contributed by atoms with Crippen LogP contribution in [0.1, 0.15) is 47.9 Å². The number of esters is 1. The van der Waals surface area contributed by atoms with E-state index in [1.54, 1.807) is 18.2 Å². The Morgan fingerprint density at radius 3 is 2.20 bits per heavy atom. The lowest BCUT2D eigenvalue weighted by atomic mass is 9.98. The van der Waals surface area contributed by atoms with Gasteiger partial charge in [-0.2, -0.15) is 0 Å². The number of benzene rings is 5. The van der Waals surface area contributed by atoms with Gasteiger partial charge < -0.3 is 18.8 Å². The minimum Gasteiger partial charge on any atom is -0.489 e. The number of ether oxygens (including phenoxy) is 3. The molecule has 6 aromatic rings. The molecule has 0 amide bonds. The van der Waals surface area contributed by atoms with Crippen molar-refractivity contribution in [2.75, 3.05) is 13.4 Å². The molecule has 0 saturated carbocycles. The van der Waals surface area contributed by atoms with E-state index < -0.39 is 14.0 Å². The number of nitrogens with zero attached hydrogens (tertiary/aromatic N) is 1. The van der Waals surface area contributed by atoms with E-state index in [2.05, 4.69) is 19.6 Å². The predicted octanol–water partition coefficient (Wildman–Crippen LogP) is 8.93. The van der Waals surface area contributed by atoms with Gasteiger partial charge in [0.25, 0.3) is 0 Å². The molecule has 0 atom stereocenters. The molecule has 8 heteroatoms. The summed E-state index contributed by atoms with van der Waals surface area (Å²) >= 11 is 0. The van der Waals surface area contributed by atoms with Crippen LogP contribution < -0.4 is 4.74 Å². The van der Waals surface area contributed by atoms with Crippen molar-refractivity contribution in [1.29, 1.82) is 0 Å². The fraction of sp³-hybridized carbons (Fsp3) is 0.195. The maximum Gasteiger partial charge on any atom is 0.340 e. The zero-order valence-electron chi connectivity index (χ0n) is 28.0. The molecular weight excluding hydrogens is 631 g/mol. The van der Waals surface area contributed by atoms with Gasteiger partial charge in [0.1, 0.15) is 12.4 Å². The lowest BCUT2D eigenvalue weighted by molar-refractivity contribution is -0.0276. The van der Waals surface area contributed by atoms with Gasteiger partial charge in [-0.3, -0.25) is 9.59 Å². The van der Waals surface area contributed by atoms with Gasteiger partial charge in [0.15, 0.2) is 18.9 Å². The van der Waals surface area contributed by atoms with Gasteiger partial charge in [-0.15, -0.1) is 0 Å². The molecule has 0 fully saturated rings. The average Bonchev–Trinajstić information content (AvgIpc) is 3.42. The van der Waals surface area contributed by atoms with E-state index in [9.17, 15) is 14.4 Å². The van der Waals surface area contributed by atoms with E-state index in [4.69, 9.17) is 14.2 Å². The fourth-order valence-corrected chi connectivity index (χ4v) is 6.49. The SMILES string of the molecule is C[Si](C)(C)CCOCOC(=O)c1ccc(Cn2c(C=O)c(C(=O)c3ccc4ccccc4c3)c3cc(OCc4ccccc4)ccc32)cc1. The highest BCUT2D eigenvalue weighted by molar-refractivity contribution is 6.76. The van der Waals surface area contributed by atoms with Gasteiger partial charge >= 0.3 is 5.97 Å². The lowest BCUT2D eigenvalue weighted by Gasteiger charge is -2.15. The molecule has 7 nitrogen and oxygen atoms in total. The minimum atomic E-state index is -1.23. The van der Waals surface area contributed by atoms with Crippen LogP contribution in [0.2, 0.25) is 25.7 Å². The lowest BCUT2D eigenvalue weighted by Crippen LogP contribution is -2.22. The quantitative estimate of drug-likeness (QED) is 0.0288. The first-order valence-corrected chi connectivity index (χ1v) is 20.1. The molecule has 0 radical (unpaired) electrons. The third-order valence-corrected chi connectivity index (χ3v) is 10.2. The van der Waals surface area contributed by atoms with Crippen molar-refractivity contribution in [1.82, 2.24) is 4.57 Å². The molecule has 0 bridgehead atoms. The van der Waals surface area contributed by atoms with Crippen LogP contribution in [0.4, 0.5) is 0 Å². The maximum absolute atomic E-state index is 14.3. The van der Waals surface area contributed by atoms with Crippen molar-refractivity contribution in [2.45, 2.75) is 38.8 Å². The van der Waals surface area contributed by atoms with E-state index in [-0.39, 0.29) is 18.3 Å². The molecule has 0 aliphatic rings. The average molecular weight is 670 g/mol. The maximum atomic E-state index is 14.3. The highest BCUT2D eigenvalue weighted by Gasteiger charge is 2.25. The number of hydrogen-bond acceptors (Lipinski definition) is 6. The fourth-order valence-electron chi connectivity index (χ4n) is 5.74. The Morgan fingerprint density at radius 1 is 0.755 bits per heavy atom. The molecular formula is C41H39NO6Si. The minimum absolute atomic E-state index is 0.0891. The first-order chi connectivity index (χ1) is 23.7. The summed E-state index contributed by atoms with van der Waals surface area (Å²) in [6.45, 7) is 7.94. The van der Waals surface area contributed by atoms with Gasteiger partial charge in [-0.1, -0.05) is 98.5 Å². The first kappa shape index (κ1) is 33.6. The van der Waals surface area contributed by atoms with Crippen LogP contribution in [0.5, 0.6) is 5.75 Å². The molecule has 0 saturated heterocycles. The molecule has 5 aromatic carbocycles. The molecule has 0 unspecified atom stereocenters. The third kappa shape index (κ3) is 8.05. The van der Waals surface area contributed by atoms with E-state index in [1.807, 2.05) is 102 Å². The molecule has 1 heterocycles. The Hall–Kier alpha value is -5.31. The van der Waals surface area contributed by atoms with E-state index in [1.165, 1.54) is 0 Å². The third-order valence-electron chi connectivity index (χ3n) is 8.47. The Labute approximate surface area is 287 Å². The number of carbonyl (C=O) groups excluding carboxylic acids is 3. The van der Waals surface area contributed by atoms with Crippen molar-refractivity contribution in [3.63, 3.8) is 0 Å². The molecule has 248 valence electrons. The number of hydrogen-bond donors (Lipinski definition) is 0. The number of aromatic nitrogens is 1. The second-order valence-electron chi connectivity index (χ2n) is 13.3. The smallest absolute Gasteiger partial charge is 0.340 e. The highest BCUT2D eigenvalue weighted by Crippen LogP contribution is 2.33. The standard InChI is InChI=1S/C41H39NO6Si/c1-49(2,3)22-21-46-28-48-41(45)32-15-13-29(14-16-32)25-42-37-20-19-35(47-27-30-9-5-4-6-10-30)24-36(37)39(38(42)26-43)40(44)34-18-17-31-11-7-8-12-33(31)23-34/h4-20,23-24,26H,21-22,25,27-28H2,1-3H3. The summed E-state index contributed by atoms with van der Waals surface area (Å²) in [6, 6.07) is 36.9. The van der Waals surface area contributed by atoms with Crippen LogP contribution in [-0.2, 0) is 22.6 Å². The van der Waals surface area contributed by atoms with Gasteiger partial charge in [-0.05, 0) is 64.3 Å². The van der Waals surface area contributed by atoms with E-state index in [0.29, 0.717) is 47.6 Å².